The van der Waals surface area contributed by atoms with E-state index in [9.17, 15) is 14.4 Å². The molecule has 4 rings (SSSR count). The zero-order valence-corrected chi connectivity index (χ0v) is 17.4. The fourth-order valence-corrected chi connectivity index (χ4v) is 3.79. The molecule has 1 heterocycles. The maximum Gasteiger partial charge on any atom is 0.412 e. The molecular formula is C24H21N3O6. The van der Waals surface area contributed by atoms with Crippen molar-refractivity contribution in [2.45, 2.75) is 12.0 Å². The van der Waals surface area contributed by atoms with Crippen LogP contribution in [0.4, 0.5) is 10.6 Å². The minimum Gasteiger partial charge on any atom is -0.480 e. The minimum atomic E-state index is -1.46. The molecule has 33 heavy (non-hydrogen) atoms. The first-order valence-electron chi connectivity index (χ1n) is 10.2. The quantitative estimate of drug-likeness (QED) is 0.437. The van der Waals surface area contributed by atoms with Crippen LogP contribution in [0.15, 0.2) is 66.7 Å². The molecule has 1 atom stereocenters. The maximum absolute atomic E-state index is 12.4. The second kappa shape index (κ2) is 9.49. The molecule has 0 unspecified atom stereocenters. The molecule has 0 bridgehead atoms. The lowest BCUT2D eigenvalue weighted by molar-refractivity contribution is -0.140. The summed E-state index contributed by atoms with van der Waals surface area (Å²) >= 11 is 0. The van der Waals surface area contributed by atoms with Crippen molar-refractivity contribution in [1.82, 2.24) is 10.3 Å². The molecule has 9 nitrogen and oxygen atoms in total. The van der Waals surface area contributed by atoms with Crippen LogP contribution in [-0.2, 0) is 9.53 Å². The molecule has 4 N–H and O–H groups in total. The number of hydrogen-bond acceptors (Lipinski definition) is 6. The van der Waals surface area contributed by atoms with E-state index in [0.29, 0.717) is 0 Å². The van der Waals surface area contributed by atoms with Gasteiger partial charge in [-0.3, -0.25) is 10.1 Å². The molecule has 2 aromatic carbocycles. The van der Waals surface area contributed by atoms with Crippen molar-refractivity contribution in [2.75, 3.05) is 18.5 Å². The summed E-state index contributed by atoms with van der Waals surface area (Å²) in [4.78, 5) is 39.6. The molecule has 1 aromatic heterocycles. The number of aromatic nitrogens is 1. The Balaban J connectivity index is 1.41. The number of anilines is 1. The summed E-state index contributed by atoms with van der Waals surface area (Å²) in [6.45, 7) is -0.643. The van der Waals surface area contributed by atoms with Gasteiger partial charge in [0.1, 0.15) is 18.1 Å². The van der Waals surface area contributed by atoms with E-state index in [1.165, 1.54) is 18.2 Å². The Hall–Kier alpha value is -4.24. The van der Waals surface area contributed by atoms with E-state index in [1.54, 1.807) is 0 Å². The Bertz CT molecular complexity index is 1170. The van der Waals surface area contributed by atoms with Gasteiger partial charge in [-0.15, -0.1) is 0 Å². The zero-order valence-electron chi connectivity index (χ0n) is 17.4. The van der Waals surface area contributed by atoms with Gasteiger partial charge in [-0.05, 0) is 34.4 Å². The van der Waals surface area contributed by atoms with E-state index in [-0.39, 0.29) is 24.0 Å². The molecule has 0 radical (unpaired) electrons. The van der Waals surface area contributed by atoms with Gasteiger partial charge in [-0.25, -0.2) is 14.6 Å². The first kappa shape index (κ1) is 22.0. The predicted octanol–water partition coefficient (Wildman–Crippen LogP) is 2.62. The van der Waals surface area contributed by atoms with Crippen molar-refractivity contribution in [2.24, 2.45) is 0 Å². The number of benzene rings is 2. The second-order valence-electron chi connectivity index (χ2n) is 7.41. The first-order valence-corrected chi connectivity index (χ1v) is 10.2. The Morgan fingerprint density at radius 2 is 1.58 bits per heavy atom. The van der Waals surface area contributed by atoms with E-state index < -0.39 is 30.6 Å². The van der Waals surface area contributed by atoms with Crippen LogP contribution in [0, 0.1) is 0 Å². The number of carbonyl (C=O) groups is 3. The van der Waals surface area contributed by atoms with E-state index in [1.807, 2.05) is 48.5 Å². The third kappa shape index (κ3) is 4.68. The fraction of sp³-hybridized carbons (Fsp3) is 0.167. The number of aliphatic hydroxyl groups is 1. The van der Waals surface area contributed by atoms with Crippen LogP contribution < -0.4 is 10.6 Å². The molecule has 2 amide bonds. The summed E-state index contributed by atoms with van der Waals surface area (Å²) < 4.78 is 5.46. The Kier molecular flexibility index (Phi) is 6.32. The largest absolute Gasteiger partial charge is 0.480 e. The van der Waals surface area contributed by atoms with Crippen LogP contribution in [0.2, 0.25) is 0 Å². The summed E-state index contributed by atoms with van der Waals surface area (Å²) in [5.41, 5.74) is 4.28. The minimum absolute atomic E-state index is 0.0655. The lowest BCUT2D eigenvalue weighted by atomic mass is 9.98. The molecule has 1 aliphatic carbocycles. The van der Waals surface area contributed by atoms with Crippen LogP contribution >= 0.6 is 0 Å². The maximum atomic E-state index is 12.4. The number of fused-ring (bicyclic) bond motifs is 3. The van der Waals surface area contributed by atoms with Gasteiger partial charge < -0.3 is 20.3 Å². The van der Waals surface area contributed by atoms with Gasteiger partial charge in [0.15, 0.2) is 6.04 Å². The number of carboxylic acids is 1. The zero-order chi connectivity index (χ0) is 23.4. The molecule has 0 aliphatic heterocycles. The molecule has 0 saturated heterocycles. The van der Waals surface area contributed by atoms with Gasteiger partial charge in [0.25, 0.3) is 5.91 Å². The SMILES string of the molecule is O=C(Nc1cccc(C(=O)N[C@@H](CO)C(=O)O)n1)OCC1c2ccccc2-c2ccccc21. The summed E-state index contributed by atoms with van der Waals surface area (Å²) in [7, 11) is 0. The number of hydrogen-bond donors (Lipinski definition) is 4. The van der Waals surface area contributed by atoms with Crippen LogP contribution in [-0.4, -0.2) is 52.4 Å². The Labute approximate surface area is 189 Å². The highest BCUT2D eigenvalue weighted by Crippen LogP contribution is 2.44. The normalized spacial score (nSPS) is 12.9. The summed E-state index contributed by atoms with van der Waals surface area (Å²) in [5.74, 6) is -2.21. The average molecular weight is 447 g/mol. The standard InChI is InChI=1S/C24H21N3O6/c28-12-20(23(30)31)26-22(29)19-10-5-11-21(25-19)27-24(32)33-13-18-16-8-3-1-6-14(16)15-7-2-4-9-17(15)18/h1-11,18,20,28H,12-13H2,(H,26,29)(H,30,31)(H,25,27,32)/t20-/m0/s1. The number of carbonyl (C=O) groups excluding carboxylic acids is 2. The lowest BCUT2D eigenvalue weighted by Crippen LogP contribution is -2.43. The number of aliphatic carboxylic acids is 1. The molecule has 0 saturated carbocycles. The van der Waals surface area contributed by atoms with Crippen molar-refractivity contribution in [1.29, 1.82) is 0 Å². The van der Waals surface area contributed by atoms with Gasteiger partial charge in [-0.2, -0.15) is 0 Å². The summed E-state index contributed by atoms with van der Waals surface area (Å²) in [5, 5.41) is 22.6. The number of amides is 2. The van der Waals surface area contributed by atoms with E-state index in [0.717, 1.165) is 22.3 Å². The number of nitrogens with zero attached hydrogens (tertiary/aromatic N) is 1. The molecule has 0 spiro atoms. The van der Waals surface area contributed by atoms with Gasteiger partial charge in [0, 0.05) is 5.92 Å². The van der Waals surface area contributed by atoms with Gasteiger partial charge >= 0.3 is 12.1 Å². The van der Waals surface area contributed by atoms with Crippen molar-refractivity contribution in [3.05, 3.63) is 83.6 Å². The van der Waals surface area contributed by atoms with E-state index in [4.69, 9.17) is 14.9 Å². The highest BCUT2D eigenvalue weighted by molar-refractivity contribution is 5.95. The monoisotopic (exact) mass is 447 g/mol. The first-order chi connectivity index (χ1) is 16.0. The smallest absolute Gasteiger partial charge is 0.412 e. The summed E-state index contributed by atoms with van der Waals surface area (Å²) in [6, 6.07) is 18.8. The van der Waals surface area contributed by atoms with Crippen LogP contribution in [0.3, 0.4) is 0 Å². The number of pyridine rings is 1. The fourth-order valence-electron chi connectivity index (χ4n) is 3.79. The van der Waals surface area contributed by atoms with Crippen molar-refractivity contribution in [3.63, 3.8) is 0 Å². The molecule has 168 valence electrons. The third-order valence-corrected chi connectivity index (χ3v) is 5.34. The van der Waals surface area contributed by atoms with Gasteiger partial charge in [0.05, 0.1) is 6.61 Å². The van der Waals surface area contributed by atoms with E-state index >= 15 is 0 Å². The average Bonchev–Trinajstić information content (AvgIpc) is 3.14. The second-order valence-corrected chi connectivity index (χ2v) is 7.41. The molecule has 9 heteroatoms. The number of rotatable bonds is 7. The van der Waals surface area contributed by atoms with E-state index in [2.05, 4.69) is 15.6 Å². The molecule has 1 aliphatic rings. The highest BCUT2D eigenvalue weighted by atomic mass is 16.5. The van der Waals surface area contributed by atoms with Crippen LogP contribution in [0.25, 0.3) is 11.1 Å². The predicted molar refractivity (Wildman–Crippen MR) is 119 cm³/mol. The number of nitrogens with one attached hydrogen (secondary N) is 2. The van der Waals surface area contributed by atoms with Crippen molar-refractivity contribution in [3.8, 4) is 11.1 Å². The molecule has 0 fully saturated rings. The topological polar surface area (TPSA) is 138 Å². The van der Waals surface area contributed by atoms with Gasteiger partial charge in [0.2, 0.25) is 0 Å². The number of ether oxygens (including phenoxy) is 1. The van der Waals surface area contributed by atoms with Crippen LogP contribution in [0.1, 0.15) is 27.5 Å². The number of carboxylic acid groups (broad SMARTS) is 1. The Morgan fingerprint density at radius 1 is 0.939 bits per heavy atom. The number of aliphatic hydroxyl groups excluding tert-OH is 1. The van der Waals surface area contributed by atoms with Crippen molar-refractivity contribution >= 4 is 23.8 Å². The van der Waals surface area contributed by atoms with Crippen molar-refractivity contribution < 1.29 is 29.3 Å². The highest BCUT2D eigenvalue weighted by Gasteiger charge is 2.29. The lowest BCUT2D eigenvalue weighted by Gasteiger charge is -2.15. The molecular weight excluding hydrogens is 426 g/mol. The molecule has 3 aromatic rings. The Morgan fingerprint density at radius 3 is 2.18 bits per heavy atom. The van der Waals surface area contributed by atoms with Crippen LogP contribution in [0.5, 0.6) is 0 Å². The summed E-state index contributed by atoms with van der Waals surface area (Å²) in [6.07, 6.45) is -0.735. The van der Waals surface area contributed by atoms with Gasteiger partial charge in [-0.1, -0.05) is 54.6 Å². The third-order valence-electron chi connectivity index (χ3n) is 5.34.